The van der Waals surface area contributed by atoms with Gasteiger partial charge in [0.15, 0.2) is 5.13 Å². The lowest BCUT2D eigenvalue weighted by Crippen LogP contribution is -2.35. The Labute approximate surface area is 145 Å². The van der Waals surface area contributed by atoms with Gasteiger partial charge in [0.1, 0.15) is 5.82 Å². The Morgan fingerprint density at radius 3 is 3.17 bits per heavy atom. The van der Waals surface area contributed by atoms with E-state index in [0.29, 0.717) is 11.0 Å². The third kappa shape index (κ3) is 4.85. The quantitative estimate of drug-likeness (QED) is 0.897. The van der Waals surface area contributed by atoms with Gasteiger partial charge in [-0.3, -0.25) is 9.69 Å². The summed E-state index contributed by atoms with van der Waals surface area (Å²) in [6.07, 6.45) is 5.12. The second-order valence-electron chi connectivity index (χ2n) is 6.39. The number of carbonyl (C=O) groups excluding carboxylic acids is 1. The Morgan fingerprint density at radius 2 is 2.38 bits per heavy atom. The van der Waals surface area contributed by atoms with Crippen LogP contribution in [0.5, 0.6) is 0 Å². The molecule has 1 aromatic carbocycles. The molecular formula is C18H22FN3OS. The molecule has 0 spiro atoms. The summed E-state index contributed by atoms with van der Waals surface area (Å²) in [5.41, 5.74) is 1.08. The zero-order chi connectivity index (χ0) is 16.9. The summed E-state index contributed by atoms with van der Waals surface area (Å²) in [5.74, 6) is 0.308. The monoisotopic (exact) mass is 347 g/mol. The van der Waals surface area contributed by atoms with Crippen LogP contribution in [0, 0.1) is 11.7 Å². The van der Waals surface area contributed by atoms with Gasteiger partial charge in [0.2, 0.25) is 5.91 Å². The minimum absolute atomic E-state index is 0.0935. The number of benzene rings is 1. The van der Waals surface area contributed by atoms with Crippen molar-refractivity contribution in [2.24, 2.45) is 5.92 Å². The van der Waals surface area contributed by atoms with Gasteiger partial charge >= 0.3 is 0 Å². The molecule has 4 nitrogen and oxygen atoms in total. The molecule has 6 heteroatoms. The van der Waals surface area contributed by atoms with Gasteiger partial charge in [0.25, 0.3) is 0 Å². The maximum absolute atomic E-state index is 13.3. The number of nitrogens with one attached hydrogen (secondary N) is 1. The number of halogens is 1. The summed E-state index contributed by atoms with van der Waals surface area (Å²) in [6, 6.07) is 6.92. The van der Waals surface area contributed by atoms with E-state index in [1.54, 1.807) is 12.1 Å². The van der Waals surface area contributed by atoms with Crippen LogP contribution in [0.25, 0.3) is 0 Å². The highest BCUT2D eigenvalue weighted by atomic mass is 32.1. The van der Waals surface area contributed by atoms with Crippen LogP contribution < -0.4 is 5.32 Å². The van der Waals surface area contributed by atoms with Crippen LogP contribution >= 0.6 is 11.3 Å². The number of rotatable bonds is 5. The first-order valence-electron chi connectivity index (χ1n) is 8.27. The van der Waals surface area contributed by atoms with Crippen LogP contribution in [0.1, 0.15) is 30.2 Å². The molecule has 1 aliphatic rings. The third-order valence-electron chi connectivity index (χ3n) is 4.23. The van der Waals surface area contributed by atoms with Crippen molar-refractivity contribution in [2.45, 2.75) is 32.7 Å². The predicted octanol–water partition coefficient (Wildman–Crippen LogP) is 3.70. The highest BCUT2D eigenvalue weighted by Gasteiger charge is 2.21. The van der Waals surface area contributed by atoms with Gasteiger partial charge in [-0.25, -0.2) is 9.37 Å². The average Bonchev–Trinajstić information content (AvgIpc) is 2.94. The fourth-order valence-electron chi connectivity index (χ4n) is 3.27. The summed E-state index contributed by atoms with van der Waals surface area (Å²) >= 11 is 1.53. The number of piperidine rings is 1. The Balaban J connectivity index is 1.55. The van der Waals surface area contributed by atoms with Crippen molar-refractivity contribution in [3.8, 4) is 0 Å². The zero-order valence-electron chi connectivity index (χ0n) is 13.8. The molecule has 3 rings (SSSR count). The lowest BCUT2D eigenvalue weighted by Gasteiger charge is -2.32. The first-order valence-corrected chi connectivity index (χ1v) is 9.09. The van der Waals surface area contributed by atoms with Crippen molar-refractivity contribution in [1.82, 2.24) is 9.88 Å². The van der Waals surface area contributed by atoms with Crippen LogP contribution in [0.15, 0.2) is 30.5 Å². The van der Waals surface area contributed by atoms with E-state index in [4.69, 9.17) is 0 Å². The smallest absolute Gasteiger partial charge is 0.223 e. The minimum Gasteiger partial charge on any atom is -0.302 e. The van der Waals surface area contributed by atoms with Gasteiger partial charge in [0.05, 0.1) is 0 Å². The molecule has 0 unspecified atom stereocenters. The molecule has 1 aromatic heterocycles. The van der Waals surface area contributed by atoms with Crippen molar-refractivity contribution in [1.29, 1.82) is 0 Å². The largest absolute Gasteiger partial charge is 0.302 e. The number of nitrogens with zero attached hydrogens (tertiary/aromatic N) is 2. The van der Waals surface area contributed by atoms with Crippen LogP contribution in [0.4, 0.5) is 9.52 Å². The first-order chi connectivity index (χ1) is 11.6. The van der Waals surface area contributed by atoms with E-state index in [0.717, 1.165) is 42.9 Å². The van der Waals surface area contributed by atoms with E-state index in [2.05, 4.69) is 15.2 Å². The second kappa shape index (κ2) is 7.85. The highest BCUT2D eigenvalue weighted by molar-refractivity contribution is 7.15. The van der Waals surface area contributed by atoms with E-state index in [9.17, 15) is 9.18 Å². The predicted molar refractivity (Wildman–Crippen MR) is 94.5 cm³/mol. The molecule has 1 N–H and O–H groups in total. The molecule has 0 aliphatic carbocycles. The summed E-state index contributed by atoms with van der Waals surface area (Å²) in [6.45, 7) is 4.44. The number of carbonyl (C=O) groups is 1. The molecule has 0 bridgehead atoms. The Kier molecular flexibility index (Phi) is 5.58. The van der Waals surface area contributed by atoms with Crippen LogP contribution in [-0.2, 0) is 17.8 Å². The molecule has 1 aliphatic heterocycles. The third-order valence-corrected chi connectivity index (χ3v) is 5.13. The molecule has 2 aromatic rings. The number of amides is 1. The standard InChI is InChI=1S/C18H22FN3OS/c1-13(23)21-18-20-10-17(24-18)12-22-7-3-5-15(11-22)8-14-4-2-6-16(19)9-14/h2,4,6,9-10,15H,3,5,7-8,11-12H2,1H3,(H,20,21,23)/t15-/m0/s1. The van der Waals surface area contributed by atoms with Gasteiger partial charge < -0.3 is 5.32 Å². The fraction of sp³-hybridized carbons (Fsp3) is 0.444. The SMILES string of the molecule is CC(=O)Nc1ncc(CN2CCC[C@@H](Cc3cccc(F)c3)C2)s1. The molecule has 0 saturated carbocycles. The number of likely N-dealkylation sites (tertiary alicyclic amines) is 1. The minimum atomic E-state index is -0.157. The lowest BCUT2D eigenvalue weighted by molar-refractivity contribution is -0.114. The molecule has 1 atom stereocenters. The number of thiazole rings is 1. The number of hydrogen-bond acceptors (Lipinski definition) is 4. The van der Waals surface area contributed by atoms with E-state index in [-0.39, 0.29) is 11.7 Å². The van der Waals surface area contributed by atoms with Crippen LogP contribution in [0.3, 0.4) is 0 Å². The summed E-state index contributed by atoms with van der Waals surface area (Å²) in [4.78, 5) is 18.9. The Hall–Kier alpha value is -1.79. The molecule has 0 radical (unpaired) electrons. The van der Waals surface area contributed by atoms with Gasteiger partial charge in [-0.15, -0.1) is 11.3 Å². The number of aromatic nitrogens is 1. The summed E-state index contributed by atoms with van der Waals surface area (Å²) in [7, 11) is 0. The maximum atomic E-state index is 13.3. The van der Waals surface area contributed by atoms with E-state index in [1.165, 1.54) is 30.7 Å². The maximum Gasteiger partial charge on any atom is 0.223 e. The Bertz CT molecular complexity index is 703. The second-order valence-corrected chi connectivity index (χ2v) is 7.51. The Morgan fingerprint density at radius 1 is 1.50 bits per heavy atom. The number of hydrogen-bond donors (Lipinski definition) is 1. The van der Waals surface area contributed by atoms with E-state index < -0.39 is 0 Å². The molecule has 1 amide bonds. The fourth-order valence-corrected chi connectivity index (χ4v) is 4.17. The molecule has 128 valence electrons. The average molecular weight is 347 g/mol. The van der Waals surface area contributed by atoms with Crippen molar-refractivity contribution >= 4 is 22.4 Å². The summed E-state index contributed by atoms with van der Waals surface area (Å²) < 4.78 is 13.3. The van der Waals surface area contributed by atoms with Crippen molar-refractivity contribution < 1.29 is 9.18 Å². The highest BCUT2D eigenvalue weighted by Crippen LogP contribution is 2.25. The van der Waals surface area contributed by atoms with Gasteiger partial charge in [0, 0.05) is 31.1 Å². The molecule has 24 heavy (non-hydrogen) atoms. The van der Waals surface area contributed by atoms with Gasteiger partial charge in [-0.2, -0.15) is 0 Å². The molecule has 1 saturated heterocycles. The van der Waals surface area contributed by atoms with Crippen LogP contribution in [0.2, 0.25) is 0 Å². The van der Waals surface area contributed by atoms with Crippen molar-refractivity contribution in [2.75, 3.05) is 18.4 Å². The number of anilines is 1. The molecule has 1 fully saturated rings. The van der Waals surface area contributed by atoms with Gasteiger partial charge in [-0.1, -0.05) is 12.1 Å². The lowest BCUT2D eigenvalue weighted by atomic mass is 9.91. The van der Waals surface area contributed by atoms with Gasteiger partial charge in [-0.05, 0) is 49.4 Å². The van der Waals surface area contributed by atoms with Crippen molar-refractivity contribution in [3.63, 3.8) is 0 Å². The first kappa shape index (κ1) is 17.0. The van der Waals surface area contributed by atoms with E-state index in [1.807, 2.05) is 12.3 Å². The summed E-state index contributed by atoms with van der Waals surface area (Å²) in [5, 5.41) is 3.38. The molecule has 2 heterocycles. The topological polar surface area (TPSA) is 45.2 Å². The zero-order valence-corrected chi connectivity index (χ0v) is 14.6. The van der Waals surface area contributed by atoms with Crippen LogP contribution in [-0.4, -0.2) is 28.9 Å². The van der Waals surface area contributed by atoms with E-state index >= 15 is 0 Å². The molecular weight excluding hydrogens is 325 g/mol. The normalized spacial score (nSPS) is 18.5. The van der Waals surface area contributed by atoms with Crippen molar-refractivity contribution in [3.05, 3.63) is 46.7 Å².